The second-order valence-electron chi connectivity index (χ2n) is 23.0. The third kappa shape index (κ3) is 8.62. The Bertz CT molecular complexity index is 3040. The molecule has 8 heterocycles. The van der Waals surface area contributed by atoms with E-state index in [4.69, 9.17) is 19.7 Å². The Morgan fingerprint density at radius 1 is 0.849 bits per heavy atom. The Balaban J connectivity index is 0.630. The number of aryl methyl sites for hydroxylation is 1. The third-order valence-electron chi connectivity index (χ3n) is 17.9. The summed E-state index contributed by atoms with van der Waals surface area (Å²) in [7, 11) is 0. The minimum absolute atomic E-state index is 0.0449. The van der Waals surface area contributed by atoms with Gasteiger partial charge < -0.3 is 34.8 Å². The number of carbonyl (C=O) groups excluding carboxylic acids is 3. The summed E-state index contributed by atoms with van der Waals surface area (Å²) < 4.78 is 40.3. The van der Waals surface area contributed by atoms with Gasteiger partial charge in [0.1, 0.15) is 34.5 Å². The molecule has 2 unspecified atom stereocenters. The molecule has 5 saturated heterocycles. The van der Waals surface area contributed by atoms with E-state index in [1.54, 1.807) is 23.2 Å². The van der Waals surface area contributed by atoms with Crippen molar-refractivity contribution >= 4 is 50.9 Å². The van der Waals surface area contributed by atoms with Crippen LogP contribution in [0, 0.1) is 16.6 Å². The van der Waals surface area contributed by atoms with Crippen LogP contribution in [0.25, 0.3) is 32.9 Å². The van der Waals surface area contributed by atoms with Crippen molar-refractivity contribution in [3.05, 3.63) is 77.2 Å². The summed E-state index contributed by atoms with van der Waals surface area (Å²) in [4.78, 5) is 62.9. The largest absolute Gasteiger partial charge is 0.508 e. The number of imide groups is 1. The second-order valence-corrected chi connectivity index (χ2v) is 23.0. The Morgan fingerprint density at radius 3 is 2.36 bits per heavy atom. The summed E-state index contributed by atoms with van der Waals surface area (Å²) in [6, 6.07) is 15.3. The van der Waals surface area contributed by atoms with Gasteiger partial charge in [-0.1, -0.05) is 25.1 Å². The van der Waals surface area contributed by atoms with Crippen LogP contribution in [0.15, 0.2) is 54.7 Å². The van der Waals surface area contributed by atoms with Crippen LogP contribution in [-0.4, -0.2) is 148 Å². The normalized spacial score (nSPS) is 25.4. The Hall–Kier alpha value is -6.04. The van der Waals surface area contributed by atoms with Crippen LogP contribution in [0.1, 0.15) is 92.6 Å². The van der Waals surface area contributed by atoms with Crippen LogP contribution in [0.4, 0.5) is 20.3 Å². The Labute approximate surface area is 423 Å². The van der Waals surface area contributed by atoms with Crippen molar-refractivity contribution in [3.63, 3.8) is 0 Å². The number of piperazine rings is 2. The van der Waals surface area contributed by atoms with E-state index in [2.05, 4.69) is 43.2 Å². The number of aromatic hydroxyl groups is 1. The van der Waals surface area contributed by atoms with E-state index in [1.165, 1.54) is 0 Å². The summed E-state index contributed by atoms with van der Waals surface area (Å²) in [5, 5.41) is 19.1. The van der Waals surface area contributed by atoms with Gasteiger partial charge in [0.2, 0.25) is 11.8 Å². The maximum atomic E-state index is 17.2. The smallest absolute Gasteiger partial charge is 0.319 e. The molecule has 0 radical (unpaired) electrons. The first-order valence-corrected chi connectivity index (χ1v) is 26.7. The molecule has 73 heavy (non-hydrogen) atoms. The molecule has 2 saturated carbocycles. The number of hydrogen-bond donors (Lipinski definition) is 3. The fourth-order valence-corrected chi connectivity index (χ4v) is 13.9. The van der Waals surface area contributed by atoms with Gasteiger partial charge in [0, 0.05) is 106 Å². The Kier molecular flexibility index (Phi) is 11.4. The quantitative estimate of drug-likeness (QED) is 0.116. The van der Waals surface area contributed by atoms with E-state index in [0.717, 1.165) is 131 Å². The minimum Gasteiger partial charge on any atom is -0.508 e. The average Bonchev–Trinajstić information content (AvgIpc) is 3.95. The number of aromatic nitrogens is 3. The number of piperidine rings is 2. The van der Waals surface area contributed by atoms with Gasteiger partial charge in [-0.2, -0.15) is 9.97 Å². The van der Waals surface area contributed by atoms with Crippen LogP contribution in [0.2, 0.25) is 0 Å². The molecule has 6 aliphatic heterocycles. The number of nitrogens with zero attached hydrogens (tertiary/aromatic N) is 8. The van der Waals surface area contributed by atoms with Gasteiger partial charge in [-0.3, -0.25) is 29.6 Å². The number of fused-ring (bicyclic) bond motifs is 5. The fraction of sp³-hybridized carbons (Fsp3) is 0.536. The first-order chi connectivity index (χ1) is 35.3. The molecule has 3 N–H and O–H groups in total. The van der Waals surface area contributed by atoms with Crippen molar-refractivity contribution < 1.29 is 33.0 Å². The molecule has 382 valence electrons. The molecule has 15 nitrogen and oxygen atoms in total. The molecule has 3 atom stereocenters. The lowest BCUT2D eigenvalue weighted by molar-refractivity contribution is -0.136. The molecule has 3 aromatic carbocycles. The number of nitrogens with one attached hydrogen (secondary N) is 2. The highest BCUT2D eigenvalue weighted by Gasteiger charge is 2.57. The molecular weight excluding hydrogens is 931 g/mol. The first-order valence-electron chi connectivity index (χ1n) is 26.7. The number of amides is 3. The number of ether oxygens (including phenoxy) is 1. The predicted molar refractivity (Wildman–Crippen MR) is 273 cm³/mol. The number of phenols is 1. The van der Waals surface area contributed by atoms with Gasteiger partial charge in [0.25, 0.3) is 5.91 Å². The van der Waals surface area contributed by atoms with Crippen molar-refractivity contribution in [2.45, 2.75) is 108 Å². The van der Waals surface area contributed by atoms with Crippen LogP contribution in [-0.2, 0) is 22.6 Å². The van der Waals surface area contributed by atoms with Gasteiger partial charge in [-0.15, -0.1) is 0 Å². The summed E-state index contributed by atoms with van der Waals surface area (Å²) in [5.74, 6) is -0.751. The lowest BCUT2D eigenvalue weighted by Crippen LogP contribution is -2.60. The van der Waals surface area contributed by atoms with E-state index in [0.29, 0.717) is 73.4 Å². The molecule has 2 bridgehead atoms. The van der Waals surface area contributed by atoms with Gasteiger partial charge in [-0.25, -0.2) is 8.78 Å². The van der Waals surface area contributed by atoms with Crippen molar-refractivity contribution in [2.24, 2.45) is 10.8 Å². The number of alkyl halides is 1. The van der Waals surface area contributed by atoms with Crippen LogP contribution < -0.4 is 25.2 Å². The molecular formula is C56H64F2N10O5. The Morgan fingerprint density at radius 2 is 1.62 bits per heavy atom. The number of carbonyl (C=O) groups is 3. The SMILES string of the molecule is CCc1cccc2cc(O)cc(-c3ncc4c(N5CC6CCC(C5)N6)nc(OCC5(CN6CCC7(CC6)CC(F)(CN6CCN(c8ccc9c(c8)CN([C@H]8CCC(=O)NC8=O)C9=O)CC6)C7)CC5)nc4c3F)c12. The number of likely N-dealkylation sites (tertiary alicyclic amines) is 1. The molecule has 3 amide bonds. The fourth-order valence-electron chi connectivity index (χ4n) is 13.9. The average molecular weight is 995 g/mol. The minimum atomic E-state index is -1.18. The highest BCUT2D eigenvalue weighted by atomic mass is 19.1. The number of phenolic OH excluding ortho intramolecular Hbond substituents is 1. The molecule has 5 aromatic rings. The molecule has 2 aliphatic carbocycles. The monoisotopic (exact) mass is 995 g/mol. The summed E-state index contributed by atoms with van der Waals surface area (Å²) in [6.07, 6.45) is 10.4. The highest BCUT2D eigenvalue weighted by Crippen LogP contribution is 2.58. The van der Waals surface area contributed by atoms with Crippen molar-refractivity contribution in [3.8, 4) is 23.0 Å². The summed E-state index contributed by atoms with van der Waals surface area (Å²) >= 11 is 0. The van der Waals surface area contributed by atoms with Crippen LogP contribution >= 0.6 is 0 Å². The highest BCUT2D eigenvalue weighted by molar-refractivity contribution is 6.06. The number of pyridine rings is 1. The van der Waals surface area contributed by atoms with Crippen molar-refractivity contribution in [2.75, 3.05) is 81.9 Å². The maximum absolute atomic E-state index is 17.2. The van der Waals surface area contributed by atoms with Crippen molar-refractivity contribution in [1.82, 2.24) is 40.3 Å². The number of benzene rings is 3. The van der Waals surface area contributed by atoms with Gasteiger partial charge in [0.15, 0.2) is 5.82 Å². The first kappa shape index (κ1) is 46.7. The van der Waals surface area contributed by atoms with Gasteiger partial charge in [0.05, 0.1) is 12.0 Å². The topological polar surface area (TPSA) is 160 Å². The summed E-state index contributed by atoms with van der Waals surface area (Å²) in [5.41, 5.74) is 3.22. The zero-order valence-electron chi connectivity index (χ0n) is 41.6. The number of anilines is 2. The van der Waals surface area contributed by atoms with Crippen molar-refractivity contribution in [1.29, 1.82) is 0 Å². The zero-order chi connectivity index (χ0) is 49.8. The molecule has 7 fully saturated rings. The summed E-state index contributed by atoms with van der Waals surface area (Å²) in [6.45, 7) is 10.6. The maximum Gasteiger partial charge on any atom is 0.319 e. The number of hydrogen-bond acceptors (Lipinski definition) is 13. The van der Waals surface area contributed by atoms with Gasteiger partial charge >= 0.3 is 6.01 Å². The van der Waals surface area contributed by atoms with E-state index >= 15 is 8.78 Å². The predicted octanol–water partition coefficient (Wildman–Crippen LogP) is 6.52. The molecule has 17 heteroatoms. The standard InChI is InChI=1S/C56H64F2N10O5/c1-2-34-4-3-5-35-23-40(69)24-42(46(34)35)48-47(57)49-43(25-59-48)50(67-27-37-6-7-38(28-67)60-37)63-53(62-49)73-33-55(12-13-55)31-64-16-14-54(15-17-64)29-56(58,30-54)32-65-18-20-66(21-19-65)39-8-9-41-36(22-39)26-68(52(41)72)44-10-11-45(70)61-51(44)71/h3-5,8-9,22-25,37-38,44,60,69H,2,6-7,10-21,26-33H2,1H3,(H,61,70,71)/t37?,38?,44-/m0/s1. The number of rotatable bonds is 12. The molecule has 13 rings (SSSR count). The van der Waals surface area contributed by atoms with E-state index in [1.807, 2.05) is 30.3 Å². The lowest BCUT2D eigenvalue weighted by Gasteiger charge is -2.57. The third-order valence-corrected chi connectivity index (χ3v) is 17.9. The lowest BCUT2D eigenvalue weighted by atomic mass is 9.55. The van der Waals surface area contributed by atoms with E-state index < -0.39 is 23.4 Å². The van der Waals surface area contributed by atoms with E-state index in [-0.39, 0.29) is 52.0 Å². The molecule has 1 spiro atoms. The van der Waals surface area contributed by atoms with Gasteiger partial charge in [-0.05, 0) is 135 Å². The molecule has 2 aromatic heterocycles. The van der Waals surface area contributed by atoms with E-state index in [9.17, 15) is 19.5 Å². The second kappa shape index (κ2) is 17.8. The van der Waals surface area contributed by atoms with Crippen LogP contribution in [0.3, 0.4) is 0 Å². The zero-order valence-corrected chi connectivity index (χ0v) is 41.6. The van der Waals surface area contributed by atoms with Crippen LogP contribution in [0.5, 0.6) is 11.8 Å². The molecule has 8 aliphatic rings. The number of halogens is 2.